The maximum absolute atomic E-state index is 12.2. The van der Waals surface area contributed by atoms with Crippen LogP contribution in [0, 0.1) is 13.8 Å². The Balaban J connectivity index is 1.99. The fraction of sp³-hybridized carbons (Fsp3) is 0.533. The van der Waals surface area contributed by atoms with Crippen LogP contribution in [0.1, 0.15) is 17.5 Å². The summed E-state index contributed by atoms with van der Waals surface area (Å²) in [5.74, 6) is 0.133. The first kappa shape index (κ1) is 17.2. The molecule has 1 amide bonds. The van der Waals surface area contributed by atoms with Gasteiger partial charge in [0, 0.05) is 6.04 Å². The molecule has 22 heavy (non-hydrogen) atoms. The fourth-order valence-electron chi connectivity index (χ4n) is 2.73. The summed E-state index contributed by atoms with van der Waals surface area (Å²) >= 11 is 6.17. The standard InChI is InChI=1S/C15H21ClN2O3S/c1-10-6-11(2)15(13(16)7-10)17-14(19)8-18(3)12-4-5-22(20,21)9-12/h6-7,12H,4-5,8-9H2,1-3H3,(H,17,19). The monoisotopic (exact) mass is 344 g/mol. The molecule has 0 spiro atoms. The third-order valence-corrected chi connectivity index (χ3v) is 5.97. The number of nitrogens with zero attached hydrogens (tertiary/aromatic N) is 1. The first-order chi connectivity index (χ1) is 10.2. The summed E-state index contributed by atoms with van der Waals surface area (Å²) in [5.41, 5.74) is 2.56. The van der Waals surface area contributed by atoms with Gasteiger partial charge in [0.2, 0.25) is 5.91 Å². The summed E-state index contributed by atoms with van der Waals surface area (Å²) in [6.07, 6.45) is 0.580. The zero-order chi connectivity index (χ0) is 16.5. The minimum atomic E-state index is -2.95. The number of rotatable bonds is 4. The Kier molecular flexibility index (Phi) is 5.14. The lowest BCUT2D eigenvalue weighted by molar-refractivity contribution is -0.117. The van der Waals surface area contributed by atoms with E-state index in [4.69, 9.17) is 11.6 Å². The number of aryl methyl sites for hydroxylation is 2. The molecule has 7 heteroatoms. The number of sulfone groups is 1. The van der Waals surface area contributed by atoms with Gasteiger partial charge < -0.3 is 5.32 Å². The third kappa shape index (κ3) is 4.21. The summed E-state index contributed by atoms with van der Waals surface area (Å²) in [7, 11) is -1.18. The van der Waals surface area contributed by atoms with Gasteiger partial charge in [-0.3, -0.25) is 9.69 Å². The molecule has 1 atom stereocenters. The van der Waals surface area contributed by atoms with E-state index in [1.165, 1.54) is 0 Å². The van der Waals surface area contributed by atoms with Crippen molar-refractivity contribution in [2.24, 2.45) is 0 Å². The SMILES string of the molecule is Cc1cc(C)c(NC(=O)CN(C)C2CCS(=O)(=O)C2)c(Cl)c1. The summed E-state index contributed by atoms with van der Waals surface area (Å²) in [6.45, 7) is 3.98. The maximum Gasteiger partial charge on any atom is 0.238 e. The van der Waals surface area contributed by atoms with Crippen molar-refractivity contribution in [1.29, 1.82) is 0 Å². The molecule has 1 aliphatic heterocycles. The molecule has 1 aliphatic rings. The number of carbonyl (C=O) groups is 1. The van der Waals surface area contributed by atoms with Gasteiger partial charge in [-0.25, -0.2) is 8.42 Å². The summed E-state index contributed by atoms with van der Waals surface area (Å²) in [5, 5.41) is 3.33. The molecule has 122 valence electrons. The minimum absolute atomic E-state index is 0.0923. The highest BCUT2D eigenvalue weighted by molar-refractivity contribution is 7.91. The molecule has 1 unspecified atom stereocenters. The normalized spacial score (nSPS) is 20.3. The van der Waals surface area contributed by atoms with E-state index in [0.717, 1.165) is 11.1 Å². The summed E-state index contributed by atoms with van der Waals surface area (Å²) in [4.78, 5) is 14.0. The number of nitrogens with one attached hydrogen (secondary N) is 1. The molecule has 1 heterocycles. The van der Waals surface area contributed by atoms with E-state index in [2.05, 4.69) is 5.32 Å². The molecule has 0 saturated carbocycles. The highest BCUT2D eigenvalue weighted by atomic mass is 35.5. The van der Waals surface area contributed by atoms with Gasteiger partial charge in [-0.2, -0.15) is 0 Å². The van der Waals surface area contributed by atoms with Gasteiger partial charge in [0.15, 0.2) is 9.84 Å². The Labute approximate surface area is 136 Å². The van der Waals surface area contributed by atoms with Crippen molar-refractivity contribution in [2.75, 3.05) is 30.4 Å². The second-order valence-electron chi connectivity index (χ2n) is 5.96. The van der Waals surface area contributed by atoms with E-state index < -0.39 is 9.84 Å². The van der Waals surface area contributed by atoms with Crippen molar-refractivity contribution < 1.29 is 13.2 Å². The number of anilines is 1. The van der Waals surface area contributed by atoms with Gasteiger partial charge in [0.25, 0.3) is 0 Å². The van der Waals surface area contributed by atoms with Crippen LogP contribution in [0.3, 0.4) is 0 Å². The molecule has 0 aromatic heterocycles. The number of likely N-dealkylation sites (N-methyl/N-ethyl adjacent to an activating group) is 1. The van der Waals surface area contributed by atoms with Crippen LogP contribution in [-0.2, 0) is 14.6 Å². The van der Waals surface area contributed by atoms with Gasteiger partial charge in [0.1, 0.15) is 0 Å². The lowest BCUT2D eigenvalue weighted by Crippen LogP contribution is -2.38. The van der Waals surface area contributed by atoms with Crippen molar-refractivity contribution in [2.45, 2.75) is 26.3 Å². The molecule has 0 aliphatic carbocycles. The lowest BCUT2D eigenvalue weighted by Gasteiger charge is -2.22. The van der Waals surface area contributed by atoms with E-state index in [1.807, 2.05) is 19.9 Å². The van der Waals surface area contributed by atoms with Crippen LogP contribution in [0.2, 0.25) is 5.02 Å². The Bertz CT molecular complexity index is 665. The molecule has 1 saturated heterocycles. The molecular formula is C15H21ClN2O3S. The smallest absolute Gasteiger partial charge is 0.238 e. The quantitative estimate of drug-likeness (QED) is 0.907. The number of amides is 1. The molecule has 1 fully saturated rings. The summed E-state index contributed by atoms with van der Waals surface area (Å²) in [6, 6.07) is 3.66. The van der Waals surface area contributed by atoms with Gasteiger partial charge >= 0.3 is 0 Å². The molecule has 1 aromatic carbocycles. The predicted octanol–water partition coefficient (Wildman–Crippen LogP) is 2.01. The molecule has 0 bridgehead atoms. The predicted molar refractivity (Wildman–Crippen MR) is 89.2 cm³/mol. The van der Waals surface area contributed by atoms with E-state index >= 15 is 0 Å². The highest BCUT2D eigenvalue weighted by Crippen LogP contribution is 2.27. The Morgan fingerprint density at radius 1 is 1.41 bits per heavy atom. The van der Waals surface area contributed by atoms with Crippen molar-refractivity contribution in [1.82, 2.24) is 4.90 Å². The van der Waals surface area contributed by atoms with Crippen molar-refractivity contribution >= 4 is 33.0 Å². The molecular weight excluding hydrogens is 324 g/mol. The molecule has 1 aromatic rings. The third-order valence-electron chi connectivity index (χ3n) is 3.92. The van der Waals surface area contributed by atoms with Crippen LogP contribution < -0.4 is 5.32 Å². The first-order valence-corrected chi connectivity index (χ1v) is 9.35. The Morgan fingerprint density at radius 3 is 2.64 bits per heavy atom. The lowest BCUT2D eigenvalue weighted by atomic mass is 10.1. The fourth-order valence-corrected chi connectivity index (χ4v) is 4.91. The average molecular weight is 345 g/mol. The molecule has 0 radical (unpaired) electrons. The second kappa shape index (κ2) is 6.56. The van der Waals surface area contributed by atoms with Crippen LogP contribution in [0.5, 0.6) is 0 Å². The highest BCUT2D eigenvalue weighted by Gasteiger charge is 2.31. The number of benzene rings is 1. The van der Waals surface area contributed by atoms with Crippen LogP contribution in [0.4, 0.5) is 5.69 Å². The first-order valence-electron chi connectivity index (χ1n) is 7.15. The Hall–Kier alpha value is -1.11. The number of hydrogen-bond donors (Lipinski definition) is 1. The van der Waals surface area contributed by atoms with Crippen LogP contribution in [0.15, 0.2) is 12.1 Å². The number of hydrogen-bond acceptors (Lipinski definition) is 4. The Morgan fingerprint density at radius 2 is 2.09 bits per heavy atom. The van der Waals surface area contributed by atoms with E-state index in [9.17, 15) is 13.2 Å². The topological polar surface area (TPSA) is 66.5 Å². The molecule has 2 rings (SSSR count). The van der Waals surface area contributed by atoms with Gasteiger partial charge in [-0.15, -0.1) is 0 Å². The maximum atomic E-state index is 12.2. The van der Waals surface area contributed by atoms with Crippen LogP contribution in [0.25, 0.3) is 0 Å². The van der Waals surface area contributed by atoms with E-state index in [-0.39, 0.29) is 30.0 Å². The van der Waals surface area contributed by atoms with Gasteiger partial charge in [0.05, 0.1) is 28.8 Å². The van der Waals surface area contributed by atoms with Crippen molar-refractivity contribution in [3.8, 4) is 0 Å². The van der Waals surface area contributed by atoms with Crippen LogP contribution in [-0.4, -0.2) is 50.4 Å². The van der Waals surface area contributed by atoms with Gasteiger partial charge in [-0.05, 0) is 44.5 Å². The zero-order valence-electron chi connectivity index (χ0n) is 13.0. The van der Waals surface area contributed by atoms with Gasteiger partial charge in [-0.1, -0.05) is 17.7 Å². The number of carbonyl (C=O) groups excluding carboxylic acids is 1. The largest absolute Gasteiger partial charge is 0.323 e. The number of halogens is 1. The average Bonchev–Trinajstić information content (AvgIpc) is 2.74. The van der Waals surface area contributed by atoms with Crippen LogP contribution >= 0.6 is 11.6 Å². The zero-order valence-corrected chi connectivity index (χ0v) is 14.6. The minimum Gasteiger partial charge on any atom is -0.323 e. The van der Waals surface area contributed by atoms with E-state index in [0.29, 0.717) is 17.1 Å². The molecule has 1 N–H and O–H groups in total. The van der Waals surface area contributed by atoms with Crippen molar-refractivity contribution in [3.63, 3.8) is 0 Å². The van der Waals surface area contributed by atoms with Crippen molar-refractivity contribution in [3.05, 3.63) is 28.3 Å². The summed E-state index contributed by atoms with van der Waals surface area (Å²) < 4.78 is 23.0. The molecule has 5 nitrogen and oxygen atoms in total. The van der Waals surface area contributed by atoms with E-state index in [1.54, 1.807) is 18.0 Å². The second-order valence-corrected chi connectivity index (χ2v) is 8.59.